The van der Waals surface area contributed by atoms with Gasteiger partial charge in [-0.1, -0.05) is 72.1 Å². The van der Waals surface area contributed by atoms with E-state index >= 15 is 0 Å². The summed E-state index contributed by atoms with van der Waals surface area (Å²) in [5.74, 6) is -0.107. The first kappa shape index (κ1) is 19.6. The Morgan fingerprint density at radius 2 is 1.50 bits per heavy atom. The van der Waals surface area contributed by atoms with Crippen molar-refractivity contribution in [3.8, 4) is 0 Å². The first-order valence-corrected chi connectivity index (χ1v) is 11.1. The third-order valence-electron chi connectivity index (χ3n) is 4.62. The van der Waals surface area contributed by atoms with Gasteiger partial charge in [0.25, 0.3) is 5.91 Å². The number of halogens is 3. The minimum Gasteiger partial charge on any atom is -0.267 e. The molecule has 1 atom stereocenters. The zero-order valence-corrected chi connectivity index (χ0v) is 19.4. The number of carbonyl (C=O) groups is 1. The number of carbonyl (C=O) groups excluding carboxylic acids is 1. The van der Waals surface area contributed by atoms with E-state index in [1.54, 1.807) is 5.01 Å². The summed E-state index contributed by atoms with van der Waals surface area (Å²) < 4.78 is 2.94. The molecule has 140 valence electrons. The monoisotopic (exact) mass is 560 g/mol. The average molecular weight is 563 g/mol. The van der Waals surface area contributed by atoms with E-state index in [0.29, 0.717) is 12.0 Å². The van der Waals surface area contributed by atoms with Crippen LogP contribution in [-0.4, -0.2) is 16.6 Å². The Morgan fingerprint density at radius 3 is 2.14 bits per heavy atom. The molecule has 1 heterocycles. The number of hydrogen-bond donors (Lipinski definition) is 0. The smallest absolute Gasteiger partial charge is 0.267 e. The van der Waals surface area contributed by atoms with Crippen LogP contribution in [-0.2, 0) is 0 Å². The Balaban J connectivity index is 1.73. The molecule has 0 saturated carbocycles. The Morgan fingerprint density at radius 1 is 0.857 bits per heavy atom. The number of nitrogens with zero attached hydrogens (tertiary/aromatic N) is 2. The summed E-state index contributed by atoms with van der Waals surface area (Å²) in [5, 5.41) is 6.35. The molecule has 1 amide bonds. The summed E-state index contributed by atoms with van der Waals surface area (Å²) in [7, 11) is 0. The van der Waals surface area contributed by atoms with Crippen LogP contribution < -0.4 is 0 Å². The van der Waals surface area contributed by atoms with Crippen LogP contribution in [0.2, 0.25) is 0 Å². The summed E-state index contributed by atoms with van der Waals surface area (Å²) in [6.07, 6.45) is 0.667. The second-order valence-corrected chi connectivity index (χ2v) is 9.23. The zero-order valence-electron chi connectivity index (χ0n) is 14.6. The van der Waals surface area contributed by atoms with Gasteiger partial charge in [-0.15, -0.1) is 0 Å². The van der Waals surface area contributed by atoms with E-state index in [1.165, 1.54) is 0 Å². The molecule has 1 aliphatic heterocycles. The van der Waals surface area contributed by atoms with Gasteiger partial charge >= 0.3 is 0 Å². The molecule has 3 nitrogen and oxygen atoms in total. The molecule has 0 aliphatic carbocycles. The van der Waals surface area contributed by atoms with Crippen LogP contribution in [0.4, 0.5) is 0 Å². The number of rotatable bonds is 3. The molecule has 28 heavy (non-hydrogen) atoms. The van der Waals surface area contributed by atoms with Crippen LogP contribution in [0.3, 0.4) is 0 Å². The molecule has 4 rings (SSSR count). The Hall–Kier alpha value is -1.76. The van der Waals surface area contributed by atoms with Crippen LogP contribution in [0.15, 0.2) is 91.3 Å². The topological polar surface area (TPSA) is 32.7 Å². The quantitative estimate of drug-likeness (QED) is 0.339. The second kappa shape index (κ2) is 8.31. The summed E-state index contributed by atoms with van der Waals surface area (Å²) in [6, 6.07) is 23.3. The third kappa shape index (κ3) is 4.14. The molecular weight excluding hydrogens is 548 g/mol. The van der Waals surface area contributed by atoms with Crippen molar-refractivity contribution >= 4 is 59.4 Å². The van der Waals surface area contributed by atoms with Crippen molar-refractivity contribution in [2.24, 2.45) is 5.10 Å². The number of benzene rings is 3. The lowest BCUT2D eigenvalue weighted by molar-refractivity contribution is 0.0711. The van der Waals surface area contributed by atoms with Crippen LogP contribution >= 0.6 is 47.8 Å². The van der Waals surface area contributed by atoms with E-state index in [0.717, 1.165) is 30.3 Å². The van der Waals surface area contributed by atoms with E-state index in [1.807, 2.05) is 72.8 Å². The minimum atomic E-state index is -0.146. The van der Waals surface area contributed by atoms with Gasteiger partial charge in [0.1, 0.15) is 0 Å². The molecule has 1 aliphatic rings. The number of hydrogen-bond acceptors (Lipinski definition) is 2. The van der Waals surface area contributed by atoms with Crippen molar-refractivity contribution in [2.75, 3.05) is 0 Å². The maximum absolute atomic E-state index is 13.2. The highest BCUT2D eigenvalue weighted by atomic mass is 79.9. The molecule has 0 bridgehead atoms. The maximum atomic E-state index is 13.2. The van der Waals surface area contributed by atoms with Gasteiger partial charge in [0, 0.05) is 25.4 Å². The summed E-state index contributed by atoms with van der Waals surface area (Å²) >= 11 is 10.4. The first-order chi connectivity index (χ1) is 13.5. The summed E-state index contributed by atoms with van der Waals surface area (Å²) in [5.41, 5.74) is 3.59. The molecule has 0 radical (unpaired) electrons. The largest absolute Gasteiger partial charge is 0.274 e. The lowest BCUT2D eigenvalue weighted by Gasteiger charge is -2.22. The lowest BCUT2D eigenvalue weighted by atomic mass is 9.98. The number of hydrazone groups is 1. The summed E-state index contributed by atoms with van der Waals surface area (Å²) in [4.78, 5) is 13.2. The van der Waals surface area contributed by atoms with Gasteiger partial charge in [-0.25, -0.2) is 5.01 Å². The van der Waals surface area contributed by atoms with E-state index in [4.69, 9.17) is 5.10 Å². The van der Waals surface area contributed by atoms with E-state index < -0.39 is 0 Å². The molecule has 3 aromatic carbocycles. The van der Waals surface area contributed by atoms with Gasteiger partial charge in [-0.3, -0.25) is 4.79 Å². The third-order valence-corrected chi connectivity index (χ3v) is 6.17. The maximum Gasteiger partial charge on any atom is 0.274 e. The Bertz CT molecular complexity index is 1050. The van der Waals surface area contributed by atoms with Gasteiger partial charge in [0.15, 0.2) is 0 Å². The van der Waals surface area contributed by atoms with Crippen molar-refractivity contribution in [1.82, 2.24) is 5.01 Å². The zero-order chi connectivity index (χ0) is 19.7. The fourth-order valence-corrected chi connectivity index (χ4v) is 4.16. The predicted octanol–water partition coefficient (Wildman–Crippen LogP) is 6.97. The molecule has 3 aromatic rings. The van der Waals surface area contributed by atoms with Crippen LogP contribution in [0.1, 0.15) is 33.9 Å². The summed E-state index contributed by atoms with van der Waals surface area (Å²) in [6.45, 7) is 0. The molecule has 6 heteroatoms. The SMILES string of the molecule is O=C(c1ccc(Br)cc1)N1N=C(c2ccc(Br)cc2)CC1c1cccc(Br)c1. The standard InChI is InChI=1S/C22H15Br3N2O/c23-17-8-4-14(5-9-17)20-13-21(16-2-1-3-19(25)12-16)27(26-20)22(28)15-6-10-18(24)11-7-15/h1-12,21H,13H2. The molecular formula is C22H15Br3N2O. The van der Waals surface area contributed by atoms with Crippen LogP contribution in [0.5, 0.6) is 0 Å². The molecule has 1 unspecified atom stereocenters. The molecule has 0 N–H and O–H groups in total. The lowest BCUT2D eigenvalue weighted by Crippen LogP contribution is -2.27. The van der Waals surface area contributed by atoms with Crippen molar-refractivity contribution in [3.05, 3.63) is 103 Å². The second-order valence-electron chi connectivity index (χ2n) is 6.49. The molecule has 0 fully saturated rings. The van der Waals surface area contributed by atoms with Crippen molar-refractivity contribution in [2.45, 2.75) is 12.5 Å². The highest BCUT2D eigenvalue weighted by Gasteiger charge is 2.33. The fourth-order valence-electron chi connectivity index (χ4n) is 3.21. The molecule has 0 aromatic heterocycles. The van der Waals surface area contributed by atoms with Crippen LogP contribution in [0.25, 0.3) is 0 Å². The molecule has 0 spiro atoms. The van der Waals surface area contributed by atoms with Gasteiger partial charge in [0.05, 0.1) is 11.8 Å². The highest BCUT2D eigenvalue weighted by Crippen LogP contribution is 2.35. The Kier molecular flexibility index (Phi) is 5.80. The minimum absolute atomic E-state index is 0.107. The van der Waals surface area contributed by atoms with E-state index in [-0.39, 0.29) is 11.9 Å². The van der Waals surface area contributed by atoms with Crippen molar-refractivity contribution in [1.29, 1.82) is 0 Å². The first-order valence-electron chi connectivity index (χ1n) is 8.69. The van der Waals surface area contributed by atoms with E-state index in [9.17, 15) is 4.79 Å². The van der Waals surface area contributed by atoms with Crippen LogP contribution in [0, 0.1) is 0 Å². The Labute approximate surface area is 188 Å². The molecule has 0 saturated heterocycles. The van der Waals surface area contributed by atoms with E-state index in [2.05, 4.69) is 47.8 Å². The average Bonchev–Trinajstić information content (AvgIpc) is 3.14. The normalized spacial score (nSPS) is 16.2. The van der Waals surface area contributed by atoms with Gasteiger partial charge in [-0.2, -0.15) is 5.10 Å². The fraction of sp³-hybridized carbons (Fsp3) is 0.0909. The van der Waals surface area contributed by atoms with Crippen molar-refractivity contribution in [3.63, 3.8) is 0 Å². The van der Waals surface area contributed by atoms with Gasteiger partial charge < -0.3 is 0 Å². The van der Waals surface area contributed by atoms with Gasteiger partial charge in [0.2, 0.25) is 0 Å². The number of amides is 1. The van der Waals surface area contributed by atoms with Crippen molar-refractivity contribution < 1.29 is 4.79 Å². The predicted molar refractivity (Wildman–Crippen MR) is 122 cm³/mol. The van der Waals surface area contributed by atoms with Gasteiger partial charge in [-0.05, 0) is 59.7 Å². The highest BCUT2D eigenvalue weighted by molar-refractivity contribution is 9.11.